The average molecular weight is 338 g/mol. The van der Waals surface area contributed by atoms with E-state index in [0.29, 0.717) is 0 Å². The second kappa shape index (κ2) is 6.49. The van der Waals surface area contributed by atoms with Crippen LogP contribution in [0.5, 0.6) is 0 Å². The van der Waals surface area contributed by atoms with Crippen LogP contribution in [0, 0.1) is 6.92 Å². The molecule has 4 nitrogen and oxygen atoms in total. The van der Waals surface area contributed by atoms with E-state index in [-0.39, 0.29) is 5.41 Å². The van der Waals surface area contributed by atoms with Gasteiger partial charge in [0.1, 0.15) is 0 Å². The molecule has 5 heteroatoms. The number of aromatic amines is 1. The number of rotatable bonds is 4. The van der Waals surface area contributed by atoms with E-state index in [2.05, 4.69) is 57.5 Å². The lowest BCUT2D eigenvalue weighted by Crippen LogP contribution is -2.43. The van der Waals surface area contributed by atoms with Gasteiger partial charge in [-0.25, -0.2) is 9.97 Å². The number of thiazole rings is 1. The largest absolute Gasteiger partial charge is 0.347 e. The van der Waals surface area contributed by atoms with Gasteiger partial charge in [0.2, 0.25) is 0 Å². The van der Waals surface area contributed by atoms with E-state index in [1.165, 1.54) is 17.0 Å². The zero-order valence-electron chi connectivity index (χ0n) is 13.9. The Hall–Kier alpha value is -1.98. The number of nitrogens with one attached hydrogen (secondary N) is 1. The molecule has 0 radical (unpaired) electrons. The quantitative estimate of drug-likeness (QED) is 0.788. The molecule has 0 aliphatic carbocycles. The standard InChI is InChI=1S/C19H22N4S/c1-15-22-18(13-24-15)19(16-5-3-2-4-6-16)7-9-23(10-8-19)12-17-11-20-14-21-17/h2-6,11,13-14H,7-10,12H2,1H3,(H,20,21). The first kappa shape index (κ1) is 15.5. The predicted molar refractivity (Wildman–Crippen MR) is 97.2 cm³/mol. The lowest BCUT2D eigenvalue weighted by Gasteiger charge is -2.41. The molecule has 4 rings (SSSR count). The van der Waals surface area contributed by atoms with Gasteiger partial charge in [0.05, 0.1) is 17.0 Å². The highest BCUT2D eigenvalue weighted by atomic mass is 32.1. The molecule has 1 aliphatic rings. The summed E-state index contributed by atoms with van der Waals surface area (Å²) >= 11 is 1.76. The molecule has 2 aromatic heterocycles. The van der Waals surface area contributed by atoms with Gasteiger partial charge in [-0.05, 0) is 38.4 Å². The summed E-state index contributed by atoms with van der Waals surface area (Å²) in [6, 6.07) is 10.9. The summed E-state index contributed by atoms with van der Waals surface area (Å²) in [4.78, 5) is 14.7. The van der Waals surface area contributed by atoms with Crippen molar-refractivity contribution >= 4 is 11.3 Å². The molecule has 1 saturated heterocycles. The Morgan fingerprint density at radius 3 is 2.62 bits per heavy atom. The van der Waals surface area contributed by atoms with Crippen LogP contribution in [0.3, 0.4) is 0 Å². The number of aryl methyl sites for hydroxylation is 1. The van der Waals surface area contributed by atoms with Gasteiger partial charge >= 0.3 is 0 Å². The summed E-state index contributed by atoms with van der Waals surface area (Å²) in [5.74, 6) is 0. The van der Waals surface area contributed by atoms with Gasteiger partial charge in [-0.2, -0.15) is 0 Å². The van der Waals surface area contributed by atoms with Crippen LogP contribution in [0.15, 0.2) is 48.2 Å². The molecule has 124 valence electrons. The predicted octanol–water partition coefficient (Wildman–Crippen LogP) is 3.76. The third-order valence-corrected chi connectivity index (χ3v) is 5.87. The van der Waals surface area contributed by atoms with Gasteiger partial charge < -0.3 is 4.98 Å². The van der Waals surface area contributed by atoms with Gasteiger partial charge in [0, 0.05) is 29.2 Å². The Kier molecular flexibility index (Phi) is 4.21. The average Bonchev–Trinajstić information content (AvgIpc) is 3.29. The summed E-state index contributed by atoms with van der Waals surface area (Å²) in [5.41, 5.74) is 3.89. The van der Waals surface area contributed by atoms with Crippen LogP contribution in [-0.2, 0) is 12.0 Å². The molecule has 1 N–H and O–H groups in total. The summed E-state index contributed by atoms with van der Waals surface area (Å²) < 4.78 is 0. The fourth-order valence-corrected chi connectivity index (χ4v) is 4.45. The van der Waals surface area contributed by atoms with Crippen molar-refractivity contribution in [3.05, 3.63) is 70.2 Å². The van der Waals surface area contributed by atoms with E-state index in [0.717, 1.165) is 37.5 Å². The second-order valence-electron chi connectivity index (χ2n) is 6.55. The van der Waals surface area contributed by atoms with E-state index in [9.17, 15) is 0 Å². The van der Waals surface area contributed by atoms with Crippen molar-refractivity contribution in [2.45, 2.75) is 31.7 Å². The molecule has 0 spiro atoms. The molecule has 0 saturated carbocycles. The molecular weight excluding hydrogens is 316 g/mol. The summed E-state index contributed by atoms with van der Waals surface area (Å²) in [6.45, 7) is 5.19. The molecule has 1 fully saturated rings. The summed E-state index contributed by atoms with van der Waals surface area (Å²) in [6.07, 6.45) is 5.89. The third kappa shape index (κ3) is 2.89. The van der Waals surface area contributed by atoms with Crippen LogP contribution < -0.4 is 0 Å². The third-order valence-electron chi connectivity index (χ3n) is 5.09. The van der Waals surface area contributed by atoms with Crippen LogP contribution in [0.25, 0.3) is 0 Å². The van der Waals surface area contributed by atoms with E-state index in [1.54, 1.807) is 17.7 Å². The van der Waals surface area contributed by atoms with Crippen LogP contribution in [0.1, 0.15) is 34.8 Å². The minimum absolute atomic E-state index is 0.0521. The van der Waals surface area contributed by atoms with Crippen molar-refractivity contribution in [3.63, 3.8) is 0 Å². The summed E-state index contributed by atoms with van der Waals surface area (Å²) in [7, 11) is 0. The maximum absolute atomic E-state index is 4.87. The van der Waals surface area contributed by atoms with Crippen molar-refractivity contribution in [3.8, 4) is 0 Å². The minimum Gasteiger partial charge on any atom is -0.347 e. The lowest BCUT2D eigenvalue weighted by atomic mass is 9.70. The maximum atomic E-state index is 4.87. The van der Waals surface area contributed by atoms with E-state index in [1.807, 2.05) is 6.20 Å². The van der Waals surface area contributed by atoms with E-state index >= 15 is 0 Å². The van der Waals surface area contributed by atoms with Crippen molar-refractivity contribution in [2.24, 2.45) is 0 Å². The first-order chi connectivity index (χ1) is 11.8. The molecular formula is C19H22N4S. The van der Waals surface area contributed by atoms with Crippen molar-refractivity contribution in [1.29, 1.82) is 0 Å². The minimum atomic E-state index is 0.0521. The van der Waals surface area contributed by atoms with Gasteiger partial charge in [0.25, 0.3) is 0 Å². The smallest absolute Gasteiger partial charge is 0.0922 e. The highest BCUT2D eigenvalue weighted by Crippen LogP contribution is 2.42. The van der Waals surface area contributed by atoms with Gasteiger partial charge in [-0.1, -0.05) is 30.3 Å². The highest BCUT2D eigenvalue weighted by Gasteiger charge is 2.39. The molecule has 24 heavy (non-hydrogen) atoms. The van der Waals surface area contributed by atoms with Crippen LogP contribution in [-0.4, -0.2) is 32.9 Å². The second-order valence-corrected chi connectivity index (χ2v) is 7.62. The molecule has 1 aliphatic heterocycles. The molecule has 0 unspecified atom stereocenters. The Labute approximate surface area is 146 Å². The Balaban J connectivity index is 1.59. The Morgan fingerprint density at radius 1 is 1.21 bits per heavy atom. The number of hydrogen-bond acceptors (Lipinski definition) is 4. The Morgan fingerprint density at radius 2 is 2.00 bits per heavy atom. The number of nitrogens with zero attached hydrogens (tertiary/aromatic N) is 3. The van der Waals surface area contributed by atoms with E-state index < -0.39 is 0 Å². The number of H-pyrrole nitrogens is 1. The van der Waals surface area contributed by atoms with Crippen LogP contribution in [0.2, 0.25) is 0 Å². The van der Waals surface area contributed by atoms with Gasteiger partial charge in [-0.15, -0.1) is 11.3 Å². The number of likely N-dealkylation sites (tertiary alicyclic amines) is 1. The van der Waals surface area contributed by atoms with Crippen LogP contribution in [0.4, 0.5) is 0 Å². The maximum Gasteiger partial charge on any atom is 0.0922 e. The lowest BCUT2D eigenvalue weighted by molar-refractivity contribution is 0.169. The summed E-state index contributed by atoms with van der Waals surface area (Å²) in [5, 5.41) is 3.41. The number of piperidine rings is 1. The molecule has 3 aromatic rings. The molecule has 3 heterocycles. The van der Waals surface area contributed by atoms with Crippen molar-refractivity contribution in [1.82, 2.24) is 19.9 Å². The molecule has 0 atom stereocenters. The van der Waals surface area contributed by atoms with Gasteiger partial charge in [-0.3, -0.25) is 4.90 Å². The Bertz CT molecular complexity index is 771. The molecule has 0 amide bonds. The van der Waals surface area contributed by atoms with E-state index in [4.69, 9.17) is 4.98 Å². The first-order valence-electron chi connectivity index (χ1n) is 8.44. The fourth-order valence-electron chi connectivity index (χ4n) is 3.74. The fraction of sp³-hybridized carbons (Fsp3) is 0.368. The normalized spacial score (nSPS) is 17.9. The first-order valence-corrected chi connectivity index (χ1v) is 9.32. The number of aromatic nitrogens is 3. The zero-order chi connectivity index (χ0) is 16.4. The van der Waals surface area contributed by atoms with Crippen LogP contribution >= 0.6 is 11.3 Å². The highest BCUT2D eigenvalue weighted by molar-refractivity contribution is 7.09. The zero-order valence-corrected chi connectivity index (χ0v) is 14.7. The SMILES string of the molecule is Cc1nc(C2(c3ccccc3)CCN(Cc3cnc[nH]3)CC2)cs1. The monoisotopic (exact) mass is 338 g/mol. The number of hydrogen-bond donors (Lipinski definition) is 1. The molecule has 1 aromatic carbocycles. The molecule has 0 bridgehead atoms. The van der Waals surface area contributed by atoms with Crippen molar-refractivity contribution < 1.29 is 0 Å². The van der Waals surface area contributed by atoms with Gasteiger partial charge in [0.15, 0.2) is 0 Å². The van der Waals surface area contributed by atoms with Crippen molar-refractivity contribution in [2.75, 3.05) is 13.1 Å². The topological polar surface area (TPSA) is 44.8 Å². The number of imidazole rings is 1. The number of benzene rings is 1.